The number of hydrogen-bond acceptors (Lipinski definition) is 3. The number of aromatic nitrogens is 2. The van der Waals surface area contributed by atoms with Crippen LogP contribution in [0, 0.1) is 19.8 Å². The first-order valence-corrected chi connectivity index (χ1v) is 6.64. The van der Waals surface area contributed by atoms with Crippen LogP contribution in [0.3, 0.4) is 0 Å². The molecular weight excluding hydrogens is 234 g/mol. The predicted octanol–water partition coefficient (Wildman–Crippen LogP) is 3.37. The summed E-state index contributed by atoms with van der Waals surface area (Å²) in [6, 6.07) is 0.407. The van der Waals surface area contributed by atoms with Crippen molar-refractivity contribution in [1.82, 2.24) is 9.97 Å². The topological polar surface area (TPSA) is 29.0 Å². The molecule has 1 fully saturated rings. The molecule has 1 aliphatic carbocycles. The Morgan fingerprint density at radius 2 is 1.82 bits per heavy atom. The van der Waals surface area contributed by atoms with Crippen LogP contribution in [-0.2, 0) is 0 Å². The highest BCUT2D eigenvalue weighted by Crippen LogP contribution is 2.33. The van der Waals surface area contributed by atoms with Crippen LogP contribution in [0.5, 0.6) is 0 Å². The van der Waals surface area contributed by atoms with Gasteiger partial charge in [-0.1, -0.05) is 11.6 Å². The average molecular weight is 254 g/mol. The summed E-state index contributed by atoms with van der Waals surface area (Å²) in [7, 11) is 0. The summed E-state index contributed by atoms with van der Waals surface area (Å²) in [4.78, 5) is 11.2. The van der Waals surface area contributed by atoms with E-state index in [1.54, 1.807) is 0 Å². The zero-order chi connectivity index (χ0) is 12.6. The fraction of sp³-hybridized carbons (Fsp3) is 0.692. The van der Waals surface area contributed by atoms with Crippen LogP contribution in [0.15, 0.2) is 0 Å². The predicted molar refractivity (Wildman–Crippen MR) is 71.7 cm³/mol. The lowest BCUT2D eigenvalue weighted by molar-refractivity contribution is 0.634. The van der Waals surface area contributed by atoms with Crippen LogP contribution in [0.4, 0.5) is 5.82 Å². The molecule has 0 aromatic carbocycles. The van der Waals surface area contributed by atoms with Crippen molar-refractivity contribution in [2.24, 2.45) is 5.92 Å². The quantitative estimate of drug-likeness (QED) is 0.824. The van der Waals surface area contributed by atoms with Crippen molar-refractivity contribution >= 4 is 17.4 Å². The fourth-order valence-electron chi connectivity index (χ4n) is 1.87. The second-order valence-corrected chi connectivity index (χ2v) is 5.56. The fourth-order valence-corrected chi connectivity index (χ4v) is 2.14. The molecule has 0 N–H and O–H groups in total. The molecule has 3 nitrogen and oxygen atoms in total. The van der Waals surface area contributed by atoms with Gasteiger partial charge >= 0.3 is 0 Å². The Hall–Kier alpha value is -0.830. The number of anilines is 1. The van der Waals surface area contributed by atoms with Crippen molar-refractivity contribution in [3.63, 3.8) is 0 Å². The Kier molecular flexibility index (Phi) is 3.57. The normalized spacial score (nSPS) is 15.4. The van der Waals surface area contributed by atoms with Crippen molar-refractivity contribution < 1.29 is 0 Å². The number of rotatable bonds is 4. The van der Waals surface area contributed by atoms with Crippen LogP contribution < -0.4 is 4.90 Å². The molecule has 1 heterocycles. The highest BCUT2D eigenvalue weighted by atomic mass is 35.5. The summed E-state index contributed by atoms with van der Waals surface area (Å²) in [6.45, 7) is 9.33. The van der Waals surface area contributed by atoms with Crippen molar-refractivity contribution in [2.45, 2.75) is 46.6 Å². The highest BCUT2D eigenvalue weighted by molar-refractivity contribution is 6.31. The van der Waals surface area contributed by atoms with Crippen molar-refractivity contribution in [1.29, 1.82) is 0 Å². The summed E-state index contributed by atoms with van der Waals surface area (Å²) < 4.78 is 0. The first kappa shape index (κ1) is 12.6. The molecular formula is C13H20ClN3. The minimum Gasteiger partial charge on any atom is -0.351 e. The Labute approximate surface area is 108 Å². The average Bonchev–Trinajstić information content (AvgIpc) is 3.04. The van der Waals surface area contributed by atoms with Crippen LogP contribution in [-0.4, -0.2) is 22.6 Å². The maximum absolute atomic E-state index is 6.23. The number of nitrogens with zero attached hydrogens (tertiary/aromatic N) is 3. The van der Waals surface area contributed by atoms with E-state index in [4.69, 9.17) is 11.6 Å². The Balaban J connectivity index is 2.30. The third-order valence-corrected chi connectivity index (χ3v) is 3.55. The van der Waals surface area contributed by atoms with Crippen molar-refractivity contribution in [3.8, 4) is 0 Å². The number of halogens is 1. The molecule has 0 atom stereocenters. The van der Waals surface area contributed by atoms with Gasteiger partial charge in [-0.15, -0.1) is 0 Å². The molecule has 1 aliphatic rings. The number of hydrogen-bond donors (Lipinski definition) is 0. The van der Waals surface area contributed by atoms with Gasteiger partial charge in [0.15, 0.2) is 11.0 Å². The molecule has 0 radical (unpaired) electrons. The van der Waals surface area contributed by atoms with Crippen LogP contribution in [0.1, 0.15) is 38.1 Å². The molecule has 2 rings (SSSR count). The molecule has 4 heteroatoms. The van der Waals surface area contributed by atoms with E-state index in [1.807, 2.05) is 13.8 Å². The lowest BCUT2D eigenvalue weighted by Gasteiger charge is -2.28. The summed E-state index contributed by atoms with van der Waals surface area (Å²) in [5, 5.41) is 0.530. The van der Waals surface area contributed by atoms with Gasteiger partial charge in [0.05, 0.1) is 11.4 Å². The minimum atomic E-state index is 0.407. The summed E-state index contributed by atoms with van der Waals surface area (Å²) >= 11 is 6.23. The van der Waals surface area contributed by atoms with E-state index in [2.05, 4.69) is 28.7 Å². The molecule has 0 bridgehead atoms. The zero-order valence-corrected chi connectivity index (χ0v) is 11.8. The van der Waals surface area contributed by atoms with E-state index < -0.39 is 0 Å². The van der Waals surface area contributed by atoms with E-state index in [-0.39, 0.29) is 0 Å². The summed E-state index contributed by atoms with van der Waals surface area (Å²) in [5.41, 5.74) is 1.87. The zero-order valence-electron chi connectivity index (χ0n) is 11.0. The van der Waals surface area contributed by atoms with E-state index in [0.717, 1.165) is 29.7 Å². The Bertz CT molecular complexity index is 413. The first-order valence-electron chi connectivity index (χ1n) is 6.26. The van der Waals surface area contributed by atoms with Crippen molar-refractivity contribution in [3.05, 3.63) is 16.5 Å². The second-order valence-electron chi connectivity index (χ2n) is 5.20. The molecule has 1 saturated carbocycles. The first-order chi connectivity index (χ1) is 7.99. The van der Waals surface area contributed by atoms with Gasteiger partial charge in [-0.2, -0.15) is 0 Å². The summed E-state index contributed by atoms with van der Waals surface area (Å²) in [5.74, 6) is 1.66. The second kappa shape index (κ2) is 4.81. The largest absolute Gasteiger partial charge is 0.351 e. The molecule has 94 valence electrons. The molecule has 0 unspecified atom stereocenters. The van der Waals surface area contributed by atoms with Crippen molar-refractivity contribution in [2.75, 3.05) is 11.4 Å². The highest BCUT2D eigenvalue weighted by Gasteiger charge is 2.27. The van der Waals surface area contributed by atoms with Crippen LogP contribution in [0.2, 0.25) is 5.15 Å². The molecule has 0 amide bonds. The Morgan fingerprint density at radius 1 is 1.24 bits per heavy atom. The monoisotopic (exact) mass is 253 g/mol. The van der Waals surface area contributed by atoms with Gasteiger partial charge in [-0.05, 0) is 46.5 Å². The molecule has 0 spiro atoms. The standard InChI is InChI=1S/C13H20ClN3/c1-8(2)17(7-11-5-6-11)13-12(14)15-9(3)10(4)16-13/h8,11H,5-7H2,1-4H3. The molecule has 17 heavy (non-hydrogen) atoms. The third kappa shape index (κ3) is 2.89. The van der Waals surface area contributed by atoms with Gasteiger partial charge in [-0.3, -0.25) is 0 Å². The van der Waals surface area contributed by atoms with Crippen LogP contribution >= 0.6 is 11.6 Å². The van der Waals surface area contributed by atoms with E-state index in [9.17, 15) is 0 Å². The van der Waals surface area contributed by atoms with Gasteiger partial charge in [0, 0.05) is 12.6 Å². The minimum absolute atomic E-state index is 0.407. The molecule has 1 aromatic heterocycles. The molecule has 0 aliphatic heterocycles. The number of aryl methyl sites for hydroxylation is 2. The van der Waals surface area contributed by atoms with E-state index in [1.165, 1.54) is 12.8 Å². The summed E-state index contributed by atoms with van der Waals surface area (Å²) in [6.07, 6.45) is 2.66. The Morgan fingerprint density at radius 3 is 2.35 bits per heavy atom. The van der Waals surface area contributed by atoms with E-state index >= 15 is 0 Å². The van der Waals surface area contributed by atoms with Gasteiger partial charge in [0.2, 0.25) is 0 Å². The molecule has 1 aromatic rings. The lowest BCUT2D eigenvalue weighted by atomic mass is 10.2. The van der Waals surface area contributed by atoms with Gasteiger partial charge in [-0.25, -0.2) is 9.97 Å². The maximum Gasteiger partial charge on any atom is 0.171 e. The van der Waals surface area contributed by atoms with E-state index in [0.29, 0.717) is 11.2 Å². The lowest BCUT2D eigenvalue weighted by Crippen LogP contribution is -2.34. The third-order valence-electron chi connectivity index (χ3n) is 3.29. The van der Waals surface area contributed by atoms with Gasteiger partial charge < -0.3 is 4.90 Å². The SMILES string of the molecule is Cc1nc(Cl)c(N(CC2CC2)C(C)C)nc1C. The van der Waals surface area contributed by atoms with Gasteiger partial charge in [0.1, 0.15) is 0 Å². The molecule has 0 saturated heterocycles. The van der Waals surface area contributed by atoms with Crippen LogP contribution in [0.25, 0.3) is 0 Å². The van der Waals surface area contributed by atoms with Gasteiger partial charge in [0.25, 0.3) is 0 Å². The maximum atomic E-state index is 6.23. The smallest absolute Gasteiger partial charge is 0.171 e.